The van der Waals surface area contributed by atoms with Crippen molar-refractivity contribution in [1.29, 1.82) is 0 Å². The number of alkyl halides is 4. The molecule has 0 aromatic heterocycles. The summed E-state index contributed by atoms with van der Waals surface area (Å²) in [6, 6.07) is 4.51. The number of hydrogen-bond donors (Lipinski definition) is 1. The van der Waals surface area contributed by atoms with Gasteiger partial charge < -0.3 is 9.84 Å². The molecular formula is C14H13ClF4N2O3. The summed E-state index contributed by atoms with van der Waals surface area (Å²) in [6.07, 6.45) is -7.76. The SMILES string of the molecule is Cc1cc(Cl)ccc1OCC(=O)N1N=C(C(F)F)CC1(O)C(F)F. The van der Waals surface area contributed by atoms with Crippen LogP contribution in [0.25, 0.3) is 0 Å². The monoisotopic (exact) mass is 368 g/mol. The smallest absolute Gasteiger partial charge is 0.287 e. The first-order valence-electron chi connectivity index (χ1n) is 6.73. The van der Waals surface area contributed by atoms with E-state index in [1.54, 1.807) is 13.0 Å². The number of benzene rings is 1. The van der Waals surface area contributed by atoms with Crippen LogP contribution in [0.3, 0.4) is 0 Å². The molecule has 1 aromatic rings. The highest BCUT2D eigenvalue weighted by Crippen LogP contribution is 2.33. The molecule has 0 fully saturated rings. The topological polar surface area (TPSA) is 62.1 Å². The van der Waals surface area contributed by atoms with Gasteiger partial charge in [0.15, 0.2) is 6.61 Å². The van der Waals surface area contributed by atoms with Crippen LogP contribution in [0.15, 0.2) is 23.3 Å². The second kappa shape index (κ2) is 6.94. The summed E-state index contributed by atoms with van der Waals surface area (Å²) < 4.78 is 56.5. The highest BCUT2D eigenvalue weighted by atomic mass is 35.5. The van der Waals surface area contributed by atoms with Crippen molar-refractivity contribution in [2.45, 2.75) is 31.9 Å². The predicted molar refractivity (Wildman–Crippen MR) is 77.5 cm³/mol. The van der Waals surface area contributed by atoms with E-state index in [0.29, 0.717) is 10.6 Å². The van der Waals surface area contributed by atoms with Crippen molar-refractivity contribution < 1.29 is 32.2 Å². The molecule has 1 amide bonds. The third-order valence-corrected chi connectivity index (χ3v) is 3.60. The summed E-state index contributed by atoms with van der Waals surface area (Å²) >= 11 is 5.77. The number of ether oxygens (including phenoxy) is 1. The molecule has 1 heterocycles. The summed E-state index contributed by atoms with van der Waals surface area (Å²) in [5, 5.41) is 13.4. The van der Waals surface area contributed by atoms with Crippen LogP contribution in [0, 0.1) is 6.92 Å². The molecule has 1 aromatic carbocycles. The van der Waals surface area contributed by atoms with E-state index in [0.717, 1.165) is 0 Å². The van der Waals surface area contributed by atoms with Crippen molar-refractivity contribution in [2.24, 2.45) is 5.10 Å². The van der Waals surface area contributed by atoms with Crippen LogP contribution in [0.4, 0.5) is 17.6 Å². The summed E-state index contributed by atoms with van der Waals surface area (Å²) in [7, 11) is 0. The molecule has 24 heavy (non-hydrogen) atoms. The molecule has 1 aliphatic heterocycles. The number of halogens is 5. The Kier molecular flexibility index (Phi) is 5.34. The molecule has 5 nitrogen and oxygen atoms in total. The fourth-order valence-electron chi connectivity index (χ4n) is 2.13. The summed E-state index contributed by atoms with van der Waals surface area (Å²) in [5.41, 5.74) is -3.52. The van der Waals surface area contributed by atoms with Gasteiger partial charge >= 0.3 is 0 Å². The Hall–Kier alpha value is -1.87. The summed E-state index contributed by atoms with van der Waals surface area (Å²) in [4.78, 5) is 12.0. The lowest BCUT2D eigenvalue weighted by molar-refractivity contribution is -0.193. The molecule has 0 spiro atoms. The number of aryl methyl sites for hydroxylation is 1. The Balaban J connectivity index is 2.14. The first kappa shape index (κ1) is 18.5. The van der Waals surface area contributed by atoms with Crippen molar-refractivity contribution in [1.82, 2.24) is 5.01 Å². The van der Waals surface area contributed by atoms with Gasteiger partial charge in [0, 0.05) is 11.4 Å². The van der Waals surface area contributed by atoms with E-state index in [2.05, 4.69) is 5.10 Å². The van der Waals surface area contributed by atoms with Crippen LogP contribution in [0.1, 0.15) is 12.0 Å². The number of hydrogen-bond acceptors (Lipinski definition) is 4. The van der Waals surface area contributed by atoms with Crippen LogP contribution in [-0.2, 0) is 4.79 Å². The first-order chi connectivity index (χ1) is 11.1. The molecule has 1 N–H and O–H groups in total. The van der Waals surface area contributed by atoms with Crippen LogP contribution in [-0.4, -0.2) is 46.9 Å². The third-order valence-electron chi connectivity index (χ3n) is 3.36. The molecule has 0 bridgehead atoms. The molecule has 132 valence electrons. The summed E-state index contributed by atoms with van der Waals surface area (Å²) in [6.45, 7) is 0.877. The van der Waals surface area contributed by atoms with Gasteiger partial charge in [0.05, 0.1) is 0 Å². The number of aliphatic hydroxyl groups is 1. The van der Waals surface area contributed by atoms with Crippen molar-refractivity contribution in [3.63, 3.8) is 0 Å². The Morgan fingerprint density at radius 3 is 2.67 bits per heavy atom. The fourth-order valence-corrected chi connectivity index (χ4v) is 2.36. The fraction of sp³-hybridized carbons (Fsp3) is 0.429. The van der Waals surface area contributed by atoms with Crippen LogP contribution < -0.4 is 4.74 Å². The molecule has 1 aliphatic rings. The van der Waals surface area contributed by atoms with Crippen molar-refractivity contribution in [2.75, 3.05) is 6.61 Å². The summed E-state index contributed by atoms with van der Waals surface area (Å²) in [5.74, 6) is -0.923. The Morgan fingerprint density at radius 1 is 1.46 bits per heavy atom. The van der Waals surface area contributed by atoms with E-state index in [4.69, 9.17) is 16.3 Å². The highest BCUT2D eigenvalue weighted by molar-refractivity contribution is 6.30. The standard InChI is InChI=1S/C14H13ClF4N2O3/c1-7-4-8(15)2-3-10(7)24-6-11(22)21-14(23,13(18)19)5-9(20-21)12(16)17/h2-4,12-13,23H,5-6H2,1H3. The maximum absolute atomic E-state index is 13.0. The third kappa shape index (κ3) is 3.62. The maximum Gasteiger partial charge on any atom is 0.287 e. The molecule has 0 saturated carbocycles. The second-order valence-corrected chi connectivity index (χ2v) is 5.59. The zero-order valence-corrected chi connectivity index (χ0v) is 13.1. The molecule has 10 heteroatoms. The Labute approximate surface area is 139 Å². The minimum absolute atomic E-state index is 0.0373. The molecule has 0 saturated heterocycles. The lowest BCUT2D eigenvalue weighted by Crippen LogP contribution is -2.52. The van der Waals surface area contributed by atoms with Crippen LogP contribution in [0.2, 0.25) is 5.02 Å². The van der Waals surface area contributed by atoms with Gasteiger partial charge in [-0.3, -0.25) is 4.79 Å². The minimum atomic E-state index is -3.47. The van der Waals surface area contributed by atoms with Gasteiger partial charge in [-0.1, -0.05) is 11.6 Å². The van der Waals surface area contributed by atoms with Crippen LogP contribution in [0.5, 0.6) is 5.75 Å². The molecule has 1 unspecified atom stereocenters. The first-order valence-corrected chi connectivity index (χ1v) is 7.11. The Bertz CT molecular complexity index is 671. The number of rotatable bonds is 5. The number of carbonyl (C=O) groups excluding carboxylic acids is 1. The second-order valence-electron chi connectivity index (χ2n) is 5.15. The number of hydrazone groups is 1. The number of nitrogens with zero attached hydrogens (tertiary/aromatic N) is 2. The van der Waals surface area contributed by atoms with Gasteiger partial charge in [0.1, 0.15) is 11.5 Å². The van der Waals surface area contributed by atoms with E-state index >= 15 is 0 Å². The van der Waals surface area contributed by atoms with Gasteiger partial charge in [0.25, 0.3) is 18.8 Å². The average molecular weight is 369 g/mol. The largest absolute Gasteiger partial charge is 0.483 e. The lowest BCUT2D eigenvalue weighted by Gasteiger charge is -2.29. The van der Waals surface area contributed by atoms with Gasteiger partial charge in [-0.05, 0) is 30.7 Å². The van der Waals surface area contributed by atoms with Crippen molar-refractivity contribution in [3.05, 3.63) is 28.8 Å². The van der Waals surface area contributed by atoms with Gasteiger partial charge in [-0.25, -0.2) is 17.6 Å². The van der Waals surface area contributed by atoms with Gasteiger partial charge in [-0.15, -0.1) is 0 Å². The van der Waals surface area contributed by atoms with E-state index in [9.17, 15) is 27.5 Å². The normalized spacial score (nSPS) is 20.7. The molecule has 2 rings (SSSR count). The van der Waals surface area contributed by atoms with Crippen molar-refractivity contribution in [3.8, 4) is 5.75 Å². The quantitative estimate of drug-likeness (QED) is 0.813. The minimum Gasteiger partial charge on any atom is -0.483 e. The number of amides is 1. The molecule has 0 aliphatic carbocycles. The maximum atomic E-state index is 13.0. The van der Waals surface area contributed by atoms with Crippen molar-refractivity contribution >= 4 is 23.2 Å². The molecular weight excluding hydrogens is 356 g/mol. The zero-order chi connectivity index (χ0) is 18.1. The number of carbonyl (C=O) groups is 1. The lowest BCUT2D eigenvalue weighted by atomic mass is 10.1. The van der Waals surface area contributed by atoms with E-state index in [-0.39, 0.29) is 10.8 Å². The zero-order valence-electron chi connectivity index (χ0n) is 12.3. The molecule has 0 radical (unpaired) electrons. The van der Waals surface area contributed by atoms with Gasteiger partial charge in [-0.2, -0.15) is 10.1 Å². The average Bonchev–Trinajstić information content (AvgIpc) is 2.86. The van der Waals surface area contributed by atoms with E-state index in [1.165, 1.54) is 12.1 Å². The van der Waals surface area contributed by atoms with Crippen LogP contribution >= 0.6 is 11.6 Å². The van der Waals surface area contributed by atoms with E-state index < -0.39 is 43.2 Å². The predicted octanol–water partition coefficient (Wildman–Crippen LogP) is 2.83. The molecule has 1 atom stereocenters. The highest BCUT2D eigenvalue weighted by Gasteiger charge is 2.53. The van der Waals surface area contributed by atoms with E-state index in [1.807, 2.05) is 0 Å². The van der Waals surface area contributed by atoms with Gasteiger partial charge in [0.2, 0.25) is 5.72 Å². The Morgan fingerprint density at radius 2 is 2.12 bits per heavy atom.